The van der Waals surface area contributed by atoms with Gasteiger partial charge in [-0.3, -0.25) is 4.79 Å². The summed E-state index contributed by atoms with van der Waals surface area (Å²) in [5.74, 6) is -0.0854. The molecule has 1 aliphatic rings. The van der Waals surface area contributed by atoms with Crippen LogP contribution in [0.25, 0.3) is 0 Å². The largest absolute Gasteiger partial charge is 0.396 e. The maximum atomic E-state index is 12.2. The molecule has 3 N–H and O–H groups in total. The number of aliphatic hydroxyl groups is 3. The number of hydrogen-bond acceptors (Lipinski definition) is 4. The maximum absolute atomic E-state index is 12.2. The summed E-state index contributed by atoms with van der Waals surface area (Å²) >= 11 is 0. The Balaban J connectivity index is 2.52. The third-order valence-corrected chi connectivity index (χ3v) is 5.30. The number of Topliss-reactive ketones (excluding diaryl/α,β-unsaturated/α-hetero) is 1. The van der Waals surface area contributed by atoms with E-state index in [1.54, 1.807) is 6.08 Å². The van der Waals surface area contributed by atoms with Crippen molar-refractivity contribution in [1.29, 1.82) is 0 Å². The second kappa shape index (κ2) is 11.6. The van der Waals surface area contributed by atoms with E-state index in [0.717, 1.165) is 44.9 Å². The van der Waals surface area contributed by atoms with Crippen molar-refractivity contribution in [2.75, 3.05) is 6.61 Å². The number of unbranched alkanes of at least 4 members (excludes halogenated alkanes) is 4. The summed E-state index contributed by atoms with van der Waals surface area (Å²) in [6, 6.07) is 0. The van der Waals surface area contributed by atoms with Crippen LogP contribution in [0.2, 0.25) is 0 Å². The second-order valence-corrected chi connectivity index (χ2v) is 7.39. The van der Waals surface area contributed by atoms with E-state index in [1.807, 2.05) is 19.1 Å². The molecule has 0 saturated heterocycles. The summed E-state index contributed by atoms with van der Waals surface area (Å²) in [7, 11) is 0. The van der Waals surface area contributed by atoms with Gasteiger partial charge in [0.15, 0.2) is 0 Å². The van der Waals surface area contributed by atoms with Crippen molar-refractivity contribution in [3.63, 3.8) is 0 Å². The van der Waals surface area contributed by atoms with Gasteiger partial charge in [0.25, 0.3) is 0 Å². The molecule has 1 fully saturated rings. The van der Waals surface area contributed by atoms with E-state index in [4.69, 9.17) is 5.11 Å². The fraction of sp³-hybridized carbons (Fsp3) is 0.762. The Morgan fingerprint density at radius 1 is 1.24 bits per heavy atom. The van der Waals surface area contributed by atoms with Crippen molar-refractivity contribution >= 4 is 5.78 Å². The van der Waals surface area contributed by atoms with Gasteiger partial charge in [0.05, 0.1) is 11.7 Å². The Kier molecular flexibility index (Phi) is 10.2. The van der Waals surface area contributed by atoms with Gasteiger partial charge in [0.2, 0.25) is 0 Å². The Bertz CT molecular complexity index is 432. The molecular formula is C21H36O4. The predicted octanol–water partition coefficient (Wildman–Crippen LogP) is 3.55. The van der Waals surface area contributed by atoms with Crippen molar-refractivity contribution in [2.45, 2.75) is 82.8 Å². The van der Waals surface area contributed by atoms with Crippen LogP contribution in [0.5, 0.6) is 0 Å². The molecule has 4 atom stereocenters. The second-order valence-electron chi connectivity index (χ2n) is 7.39. The molecule has 0 spiro atoms. The molecule has 25 heavy (non-hydrogen) atoms. The molecule has 0 aromatic heterocycles. The molecular weight excluding hydrogens is 316 g/mol. The minimum atomic E-state index is -0.902. The lowest BCUT2D eigenvalue weighted by Crippen LogP contribution is -2.24. The molecule has 1 unspecified atom stereocenters. The van der Waals surface area contributed by atoms with Gasteiger partial charge in [-0.2, -0.15) is 0 Å². The molecule has 0 heterocycles. The van der Waals surface area contributed by atoms with Crippen molar-refractivity contribution in [3.05, 3.63) is 24.8 Å². The third kappa shape index (κ3) is 7.43. The van der Waals surface area contributed by atoms with Gasteiger partial charge in [-0.15, -0.1) is 6.58 Å². The lowest BCUT2D eigenvalue weighted by molar-refractivity contribution is -0.121. The fourth-order valence-corrected chi connectivity index (χ4v) is 3.75. The van der Waals surface area contributed by atoms with Crippen LogP contribution < -0.4 is 0 Å². The zero-order valence-corrected chi connectivity index (χ0v) is 15.7. The number of carbonyl (C=O) groups is 1. The molecule has 0 radical (unpaired) electrons. The van der Waals surface area contributed by atoms with Gasteiger partial charge in [0, 0.05) is 24.9 Å². The standard InChI is InChI=1S/C21H36O4/c1-3-13-21(25,4-2)14-10-12-18-17(19(23)16-20(18)24)11-8-6-5-7-9-15-22/h4,10,12,17-18,20,22,24-25H,2-3,5-9,11,13-16H2,1H3/t17-,18-,20-,21?/m1/s1. The Hall–Kier alpha value is -0.970. The normalized spacial score (nSPS) is 26.2. The molecule has 0 aromatic carbocycles. The molecule has 1 aliphatic carbocycles. The average Bonchev–Trinajstić information content (AvgIpc) is 2.85. The zero-order valence-electron chi connectivity index (χ0n) is 15.7. The molecule has 1 rings (SSSR count). The van der Waals surface area contributed by atoms with Gasteiger partial charge in [-0.25, -0.2) is 0 Å². The van der Waals surface area contributed by atoms with Crippen LogP contribution in [0.15, 0.2) is 24.8 Å². The first-order valence-electron chi connectivity index (χ1n) is 9.81. The summed E-state index contributed by atoms with van der Waals surface area (Å²) in [6.45, 7) is 5.98. The quantitative estimate of drug-likeness (QED) is 0.350. The number of carbonyl (C=O) groups excluding carboxylic acids is 1. The molecule has 4 heteroatoms. The van der Waals surface area contributed by atoms with Crippen LogP contribution in [0, 0.1) is 11.8 Å². The molecule has 0 aromatic rings. The maximum Gasteiger partial charge on any atom is 0.139 e. The first-order valence-corrected chi connectivity index (χ1v) is 9.81. The number of hydrogen-bond donors (Lipinski definition) is 3. The van der Waals surface area contributed by atoms with Crippen LogP contribution in [0.3, 0.4) is 0 Å². The number of aliphatic hydroxyl groups excluding tert-OH is 2. The van der Waals surface area contributed by atoms with Gasteiger partial charge in [-0.05, 0) is 25.7 Å². The SMILES string of the molecule is C=CC(O)(CC=C[C@H]1[C@H](O)CC(=O)[C@@H]1CCCCCCCO)CCC. The average molecular weight is 353 g/mol. The lowest BCUT2D eigenvalue weighted by atomic mass is 9.87. The van der Waals surface area contributed by atoms with E-state index < -0.39 is 11.7 Å². The van der Waals surface area contributed by atoms with E-state index in [0.29, 0.717) is 12.8 Å². The summed E-state index contributed by atoms with van der Waals surface area (Å²) < 4.78 is 0. The van der Waals surface area contributed by atoms with Gasteiger partial charge >= 0.3 is 0 Å². The van der Waals surface area contributed by atoms with Crippen molar-refractivity contribution in [2.24, 2.45) is 11.8 Å². The van der Waals surface area contributed by atoms with E-state index >= 15 is 0 Å². The Labute approximate surface area is 152 Å². The summed E-state index contributed by atoms with van der Waals surface area (Å²) in [4.78, 5) is 12.2. The van der Waals surface area contributed by atoms with Gasteiger partial charge < -0.3 is 15.3 Å². The Morgan fingerprint density at radius 3 is 2.56 bits per heavy atom. The Morgan fingerprint density at radius 2 is 1.92 bits per heavy atom. The van der Waals surface area contributed by atoms with E-state index in [-0.39, 0.29) is 30.6 Å². The predicted molar refractivity (Wildman–Crippen MR) is 101 cm³/mol. The molecule has 4 nitrogen and oxygen atoms in total. The monoisotopic (exact) mass is 352 g/mol. The first kappa shape index (κ1) is 22.1. The number of rotatable bonds is 13. The highest BCUT2D eigenvalue weighted by Gasteiger charge is 2.39. The lowest BCUT2D eigenvalue weighted by Gasteiger charge is -2.23. The molecule has 144 valence electrons. The van der Waals surface area contributed by atoms with Crippen molar-refractivity contribution in [1.82, 2.24) is 0 Å². The van der Waals surface area contributed by atoms with Gasteiger partial charge in [-0.1, -0.05) is 57.3 Å². The summed E-state index contributed by atoms with van der Waals surface area (Å²) in [5.41, 5.74) is -0.902. The van der Waals surface area contributed by atoms with E-state index in [2.05, 4.69) is 6.58 Å². The van der Waals surface area contributed by atoms with Crippen molar-refractivity contribution < 1.29 is 20.1 Å². The van der Waals surface area contributed by atoms with E-state index in [1.165, 1.54) is 0 Å². The third-order valence-electron chi connectivity index (χ3n) is 5.30. The highest BCUT2D eigenvalue weighted by atomic mass is 16.3. The van der Waals surface area contributed by atoms with Crippen LogP contribution in [0.1, 0.15) is 71.1 Å². The van der Waals surface area contributed by atoms with E-state index in [9.17, 15) is 15.0 Å². The highest BCUT2D eigenvalue weighted by molar-refractivity contribution is 5.84. The zero-order chi connectivity index (χ0) is 18.7. The summed E-state index contributed by atoms with van der Waals surface area (Å²) in [5, 5.41) is 29.4. The smallest absolute Gasteiger partial charge is 0.139 e. The molecule has 0 aliphatic heterocycles. The highest BCUT2D eigenvalue weighted by Crippen LogP contribution is 2.34. The van der Waals surface area contributed by atoms with Crippen LogP contribution in [-0.2, 0) is 4.79 Å². The molecule has 0 amide bonds. The summed E-state index contributed by atoms with van der Waals surface area (Å²) in [6.07, 6.45) is 12.8. The van der Waals surface area contributed by atoms with Crippen LogP contribution in [-0.4, -0.2) is 39.4 Å². The fourth-order valence-electron chi connectivity index (χ4n) is 3.75. The van der Waals surface area contributed by atoms with Crippen LogP contribution in [0.4, 0.5) is 0 Å². The van der Waals surface area contributed by atoms with Crippen LogP contribution >= 0.6 is 0 Å². The first-order chi connectivity index (χ1) is 12.0. The van der Waals surface area contributed by atoms with Gasteiger partial charge in [0.1, 0.15) is 5.78 Å². The minimum Gasteiger partial charge on any atom is -0.396 e. The molecule has 0 bridgehead atoms. The van der Waals surface area contributed by atoms with Crippen molar-refractivity contribution in [3.8, 4) is 0 Å². The molecule has 1 saturated carbocycles. The topological polar surface area (TPSA) is 77.8 Å². The minimum absolute atomic E-state index is 0.105. The number of ketones is 1.